The first-order chi connectivity index (χ1) is 9.31. The largest absolute Gasteiger partial charge is 0.370 e. The van der Waals surface area contributed by atoms with Gasteiger partial charge >= 0.3 is 0 Å². The molecule has 19 heavy (non-hydrogen) atoms. The van der Waals surface area contributed by atoms with Crippen molar-refractivity contribution in [2.75, 3.05) is 30.7 Å². The molecule has 2 heterocycles. The van der Waals surface area contributed by atoms with Crippen LogP contribution in [0.15, 0.2) is 18.3 Å². The molecule has 1 fully saturated rings. The third-order valence-electron chi connectivity index (χ3n) is 3.47. The molecule has 0 amide bonds. The van der Waals surface area contributed by atoms with Gasteiger partial charge < -0.3 is 5.32 Å². The average Bonchev–Trinajstić information content (AvgIpc) is 2.47. The summed E-state index contributed by atoms with van der Waals surface area (Å²) in [5, 5.41) is 4.13. The van der Waals surface area contributed by atoms with Crippen molar-refractivity contribution >= 4 is 17.6 Å². The van der Waals surface area contributed by atoms with E-state index in [0.717, 1.165) is 30.6 Å². The van der Waals surface area contributed by atoms with E-state index in [9.17, 15) is 0 Å². The smallest absolute Gasteiger partial charge is 0.125 e. The lowest BCUT2D eigenvalue weighted by atomic mass is 10.2. The molecule has 1 aromatic rings. The second kappa shape index (κ2) is 7.75. The molecule has 0 aromatic carbocycles. The van der Waals surface area contributed by atoms with E-state index >= 15 is 0 Å². The zero-order valence-corrected chi connectivity index (χ0v) is 12.9. The number of hydrogen-bond acceptors (Lipinski definition) is 4. The molecule has 1 saturated heterocycles. The molecule has 3 nitrogen and oxygen atoms in total. The average molecular weight is 279 g/mol. The lowest BCUT2D eigenvalue weighted by Gasteiger charge is -2.31. The van der Waals surface area contributed by atoms with Crippen molar-refractivity contribution in [3.8, 4) is 0 Å². The van der Waals surface area contributed by atoms with Crippen molar-refractivity contribution in [1.82, 2.24) is 9.88 Å². The summed E-state index contributed by atoms with van der Waals surface area (Å²) in [7, 11) is 0. The van der Waals surface area contributed by atoms with Crippen molar-refractivity contribution in [2.45, 2.75) is 38.5 Å². The Bertz CT molecular complexity index is 366. The minimum absolute atomic E-state index is 0.812. The lowest BCUT2D eigenvalue weighted by Crippen LogP contribution is -2.37. The maximum absolute atomic E-state index is 4.48. The number of rotatable bonds is 6. The second-order valence-electron chi connectivity index (χ2n) is 5.11. The van der Waals surface area contributed by atoms with Gasteiger partial charge in [-0.15, -0.1) is 0 Å². The van der Waals surface area contributed by atoms with Gasteiger partial charge in [0.2, 0.25) is 0 Å². The van der Waals surface area contributed by atoms with E-state index in [1.54, 1.807) is 0 Å². The van der Waals surface area contributed by atoms with Gasteiger partial charge in [0.05, 0.1) is 0 Å². The summed E-state index contributed by atoms with van der Waals surface area (Å²) in [5.41, 5.74) is 1.32. The third kappa shape index (κ3) is 4.69. The summed E-state index contributed by atoms with van der Waals surface area (Å²) in [4.78, 5) is 7.03. The first-order valence-corrected chi connectivity index (χ1v) is 8.39. The highest BCUT2D eigenvalue weighted by Crippen LogP contribution is 2.22. The van der Waals surface area contributed by atoms with Gasteiger partial charge in [-0.05, 0) is 24.5 Å². The summed E-state index contributed by atoms with van der Waals surface area (Å²) < 4.78 is 0. The Morgan fingerprint density at radius 2 is 2.32 bits per heavy atom. The standard InChI is InChI=1S/C15H25N3S/c1-3-7-16-15-6-5-13(10-17-15)11-18-8-9-19-14(4-2)12-18/h5-6,10,14H,3-4,7-9,11-12H2,1-2H3,(H,16,17). The molecule has 0 aliphatic carbocycles. The van der Waals surface area contributed by atoms with Crippen LogP contribution in [0.5, 0.6) is 0 Å². The van der Waals surface area contributed by atoms with Crippen LogP contribution in [-0.2, 0) is 6.54 Å². The minimum Gasteiger partial charge on any atom is -0.370 e. The van der Waals surface area contributed by atoms with Crippen LogP contribution in [0.1, 0.15) is 32.3 Å². The van der Waals surface area contributed by atoms with Gasteiger partial charge in [-0.2, -0.15) is 11.8 Å². The predicted octanol–water partition coefficient (Wildman–Crippen LogP) is 3.23. The summed E-state index contributed by atoms with van der Waals surface area (Å²) in [6.45, 7) is 8.91. The molecular formula is C15H25N3S. The van der Waals surface area contributed by atoms with Crippen LogP contribution in [0.25, 0.3) is 0 Å². The maximum atomic E-state index is 4.48. The van der Waals surface area contributed by atoms with Crippen LogP contribution in [-0.4, -0.2) is 40.5 Å². The van der Waals surface area contributed by atoms with Gasteiger partial charge in [-0.3, -0.25) is 4.90 Å². The van der Waals surface area contributed by atoms with Crippen molar-refractivity contribution in [1.29, 1.82) is 0 Å². The number of anilines is 1. The van der Waals surface area contributed by atoms with Crippen molar-refractivity contribution < 1.29 is 0 Å². The molecule has 0 bridgehead atoms. The van der Waals surface area contributed by atoms with Gasteiger partial charge in [0.1, 0.15) is 5.82 Å². The van der Waals surface area contributed by atoms with Crippen LogP contribution in [0.4, 0.5) is 5.82 Å². The Hall–Kier alpha value is -0.740. The van der Waals surface area contributed by atoms with Crippen LogP contribution in [0.3, 0.4) is 0 Å². The monoisotopic (exact) mass is 279 g/mol. The molecule has 1 aromatic heterocycles. The van der Waals surface area contributed by atoms with Crippen molar-refractivity contribution in [3.63, 3.8) is 0 Å². The number of pyridine rings is 1. The second-order valence-corrected chi connectivity index (χ2v) is 6.52. The van der Waals surface area contributed by atoms with E-state index in [4.69, 9.17) is 0 Å². The zero-order valence-electron chi connectivity index (χ0n) is 12.1. The van der Waals surface area contributed by atoms with Gasteiger partial charge in [0.15, 0.2) is 0 Å². The fraction of sp³-hybridized carbons (Fsp3) is 0.667. The number of thioether (sulfide) groups is 1. The number of nitrogens with one attached hydrogen (secondary N) is 1. The topological polar surface area (TPSA) is 28.2 Å². The molecule has 1 aliphatic heterocycles. The Morgan fingerprint density at radius 1 is 1.42 bits per heavy atom. The van der Waals surface area contributed by atoms with E-state index in [1.165, 1.54) is 30.8 Å². The van der Waals surface area contributed by atoms with Gasteiger partial charge in [-0.1, -0.05) is 19.9 Å². The fourth-order valence-electron chi connectivity index (χ4n) is 2.30. The zero-order chi connectivity index (χ0) is 13.5. The van der Waals surface area contributed by atoms with E-state index in [-0.39, 0.29) is 0 Å². The number of nitrogens with zero attached hydrogens (tertiary/aromatic N) is 2. The van der Waals surface area contributed by atoms with E-state index in [1.807, 2.05) is 6.20 Å². The Balaban J connectivity index is 1.85. The molecule has 1 N–H and O–H groups in total. The third-order valence-corrected chi connectivity index (χ3v) is 4.84. The summed E-state index contributed by atoms with van der Waals surface area (Å²) in [6.07, 6.45) is 4.42. The van der Waals surface area contributed by atoms with Crippen LogP contribution in [0, 0.1) is 0 Å². The molecule has 0 radical (unpaired) electrons. The molecular weight excluding hydrogens is 254 g/mol. The van der Waals surface area contributed by atoms with Crippen LogP contribution < -0.4 is 5.32 Å². The van der Waals surface area contributed by atoms with E-state index in [2.05, 4.69) is 52.9 Å². The Labute approximate surface area is 121 Å². The highest BCUT2D eigenvalue weighted by molar-refractivity contribution is 8.00. The number of hydrogen-bond donors (Lipinski definition) is 1. The van der Waals surface area contributed by atoms with E-state index < -0.39 is 0 Å². The maximum Gasteiger partial charge on any atom is 0.125 e. The van der Waals surface area contributed by atoms with E-state index in [0.29, 0.717) is 0 Å². The summed E-state index contributed by atoms with van der Waals surface area (Å²) >= 11 is 2.12. The fourth-order valence-corrected chi connectivity index (χ4v) is 3.55. The number of aromatic nitrogens is 1. The molecule has 2 rings (SSSR count). The van der Waals surface area contributed by atoms with Crippen LogP contribution >= 0.6 is 11.8 Å². The first kappa shape index (κ1) is 14.7. The highest BCUT2D eigenvalue weighted by atomic mass is 32.2. The Kier molecular flexibility index (Phi) is 5.98. The summed E-state index contributed by atoms with van der Waals surface area (Å²) in [6, 6.07) is 4.30. The molecule has 1 unspecified atom stereocenters. The van der Waals surface area contributed by atoms with Crippen molar-refractivity contribution in [3.05, 3.63) is 23.9 Å². The normalized spacial score (nSPS) is 20.4. The summed E-state index contributed by atoms with van der Waals surface area (Å²) in [5.74, 6) is 2.26. The molecule has 1 aliphatic rings. The quantitative estimate of drug-likeness (QED) is 0.865. The van der Waals surface area contributed by atoms with Crippen LogP contribution in [0.2, 0.25) is 0 Å². The predicted molar refractivity (Wildman–Crippen MR) is 84.8 cm³/mol. The van der Waals surface area contributed by atoms with Gasteiger partial charge in [-0.25, -0.2) is 4.98 Å². The minimum atomic E-state index is 0.812. The first-order valence-electron chi connectivity index (χ1n) is 7.34. The van der Waals surface area contributed by atoms with Gasteiger partial charge in [0, 0.05) is 43.4 Å². The SMILES string of the molecule is CCCNc1ccc(CN2CCSC(CC)C2)cn1. The molecule has 1 atom stereocenters. The molecule has 4 heteroatoms. The molecule has 0 saturated carbocycles. The highest BCUT2D eigenvalue weighted by Gasteiger charge is 2.18. The molecule has 0 spiro atoms. The van der Waals surface area contributed by atoms with Crippen molar-refractivity contribution in [2.24, 2.45) is 0 Å². The lowest BCUT2D eigenvalue weighted by molar-refractivity contribution is 0.273. The molecule has 106 valence electrons. The Morgan fingerprint density at radius 3 is 3.00 bits per heavy atom. The van der Waals surface area contributed by atoms with Gasteiger partial charge in [0.25, 0.3) is 0 Å².